The van der Waals surface area contributed by atoms with Gasteiger partial charge in [0.2, 0.25) is 0 Å². The van der Waals surface area contributed by atoms with Gasteiger partial charge in [-0.2, -0.15) is 0 Å². The van der Waals surface area contributed by atoms with Crippen LogP contribution in [0.1, 0.15) is 24.5 Å². The lowest BCUT2D eigenvalue weighted by Gasteiger charge is -2.21. The third-order valence-corrected chi connectivity index (χ3v) is 3.08. The Morgan fingerprint density at radius 2 is 1.95 bits per heavy atom. The molecule has 116 valence electrons. The first-order valence-corrected chi connectivity index (χ1v) is 7.02. The van der Waals surface area contributed by atoms with Crippen LogP contribution >= 0.6 is 0 Å². The summed E-state index contributed by atoms with van der Waals surface area (Å²) in [6.07, 6.45) is 0.770. The molecule has 0 fully saturated rings. The van der Waals surface area contributed by atoms with E-state index < -0.39 is 5.97 Å². The van der Waals surface area contributed by atoms with Gasteiger partial charge < -0.3 is 14.4 Å². The van der Waals surface area contributed by atoms with Crippen LogP contribution in [-0.2, 0) is 14.3 Å². The standard InChI is InChI=1S/C16H23NO4/c1-5-8-17(10-16(19)20-4)15(18)11-21-14-7-6-12(2)9-13(14)3/h6-7,9H,5,8,10-11H2,1-4H3. The average Bonchev–Trinajstić information content (AvgIpc) is 2.45. The van der Waals surface area contributed by atoms with Crippen molar-refractivity contribution in [1.82, 2.24) is 4.90 Å². The number of benzene rings is 1. The molecule has 0 aromatic heterocycles. The van der Waals surface area contributed by atoms with Gasteiger partial charge in [-0.05, 0) is 31.9 Å². The van der Waals surface area contributed by atoms with Gasteiger partial charge in [0.25, 0.3) is 5.91 Å². The predicted octanol–water partition coefficient (Wildman–Crippen LogP) is 2.09. The van der Waals surface area contributed by atoms with Crippen LogP contribution in [0, 0.1) is 13.8 Å². The van der Waals surface area contributed by atoms with Gasteiger partial charge in [0.05, 0.1) is 7.11 Å². The van der Waals surface area contributed by atoms with E-state index in [1.165, 1.54) is 12.0 Å². The number of hydrogen-bond acceptors (Lipinski definition) is 4. The molecule has 5 nitrogen and oxygen atoms in total. The second-order valence-electron chi connectivity index (χ2n) is 4.95. The zero-order chi connectivity index (χ0) is 15.8. The lowest BCUT2D eigenvalue weighted by Crippen LogP contribution is -2.39. The van der Waals surface area contributed by atoms with Gasteiger partial charge >= 0.3 is 5.97 Å². The Morgan fingerprint density at radius 1 is 1.24 bits per heavy atom. The van der Waals surface area contributed by atoms with Crippen molar-refractivity contribution in [2.24, 2.45) is 0 Å². The summed E-state index contributed by atoms with van der Waals surface area (Å²) in [7, 11) is 1.31. The van der Waals surface area contributed by atoms with Crippen LogP contribution in [0.5, 0.6) is 5.75 Å². The van der Waals surface area contributed by atoms with Crippen molar-refractivity contribution < 1.29 is 19.1 Å². The third-order valence-electron chi connectivity index (χ3n) is 3.08. The molecule has 1 rings (SSSR count). The molecule has 1 aromatic carbocycles. The van der Waals surface area contributed by atoms with Crippen LogP contribution in [-0.4, -0.2) is 43.6 Å². The van der Waals surface area contributed by atoms with Crippen LogP contribution < -0.4 is 4.74 Å². The molecular formula is C16H23NO4. The molecule has 1 aromatic rings. The van der Waals surface area contributed by atoms with E-state index in [0.29, 0.717) is 12.3 Å². The zero-order valence-electron chi connectivity index (χ0n) is 13.1. The van der Waals surface area contributed by atoms with Crippen molar-refractivity contribution in [3.05, 3.63) is 29.3 Å². The molecule has 0 heterocycles. The minimum absolute atomic E-state index is 0.0422. The summed E-state index contributed by atoms with van der Waals surface area (Å²) in [5.41, 5.74) is 2.13. The largest absolute Gasteiger partial charge is 0.484 e. The number of amides is 1. The van der Waals surface area contributed by atoms with Crippen molar-refractivity contribution in [3.8, 4) is 5.75 Å². The summed E-state index contributed by atoms with van der Waals surface area (Å²) in [5.74, 6) is 0.0361. The van der Waals surface area contributed by atoms with Gasteiger partial charge in [0.15, 0.2) is 6.61 Å². The third kappa shape index (κ3) is 5.45. The maximum Gasteiger partial charge on any atom is 0.325 e. The predicted molar refractivity (Wildman–Crippen MR) is 80.3 cm³/mol. The van der Waals surface area contributed by atoms with Crippen LogP contribution in [0.2, 0.25) is 0 Å². The first-order valence-electron chi connectivity index (χ1n) is 7.02. The number of esters is 1. The minimum atomic E-state index is -0.427. The minimum Gasteiger partial charge on any atom is -0.484 e. The highest BCUT2D eigenvalue weighted by Crippen LogP contribution is 2.18. The summed E-state index contributed by atoms with van der Waals surface area (Å²) < 4.78 is 10.2. The van der Waals surface area contributed by atoms with E-state index in [-0.39, 0.29) is 19.1 Å². The molecule has 0 saturated heterocycles. The van der Waals surface area contributed by atoms with Crippen molar-refractivity contribution in [2.45, 2.75) is 27.2 Å². The van der Waals surface area contributed by atoms with Crippen LogP contribution in [0.15, 0.2) is 18.2 Å². The van der Waals surface area contributed by atoms with Crippen LogP contribution in [0.3, 0.4) is 0 Å². The van der Waals surface area contributed by atoms with E-state index in [2.05, 4.69) is 4.74 Å². The van der Waals surface area contributed by atoms with E-state index in [9.17, 15) is 9.59 Å². The summed E-state index contributed by atoms with van der Waals surface area (Å²) >= 11 is 0. The Hall–Kier alpha value is -2.04. The molecule has 21 heavy (non-hydrogen) atoms. The summed E-state index contributed by atoms with van der Waals surface area (Å²) in [6, 6.07) is 5.78. The molecule has 0 aliphatic heterocycles. The van der Waals surface area contributed by atoms with Gasteiger partial charge in [-0.1, -0.05) is 24.6 Å². The van der Waals surface area contributed by atoms with E-state index in [0.717, 1.165) is 17.5 Å². The molecule has 0 N–H and O–H groups in total. The number of carbonyl (C=O) groups is 2. The maximum absolute atomic E-state index is 12.1. The van der Waals surface area contributed by atoms with Crippen LogP contribution in [0.4, 0.5) is 0 Å². The molecule has 0 spiro atoms. The lowest BCUT2D eigenvalue weighted by molar-refractivity contribution is -0.147. The highest BCUT2D eigenvalue weighted by molar-refractivity contribution is 5.83. The summed E-state index contributed by atoms with van der Waals surface area (Å²) in [6.45, 7) is 6.26. The van der Waals surface area contributed by atoms with E-state index in [1.807, 2.05) is 39.0 Å². The number of hydrogen-bond donors (Lipinski definition) is 0. The summed E-state index contributed by atoms with van der Waals surface area (Å²) in [4.78, 5) is 24.9. The zero-order valence-corrected chi connectivity index (χ0v) is 13.1. The van der Waals surface area contributed by atoms with Gasteiger partial charge in [0.1, 0.15) is 12.3 Å². The van der Waals surface area contributed by atoms with Crippen LogP contribution in [0.25, 0.3) is 0 Å². The number of methoxy groups -OCH3 is 1. The van der Waals surface area contributed by atoms with Gasteiger partial charge in [0, 0.05) is 6.54 Å². The quantitative estimate of drug-likeness (QED) is 0.722. The molecule has 0 aliphatic carbocycles. The lowest BCUT2D eigenvalue weighted by atomic mass is 10.1. The second kappa shape index (κ2) is 8.29. The first kappa shape index (κ1) is 17.0. The molecule has 1 amide bonds. The Bertz CT molecular complexity index is 499. The Kier molecular flexibility index (Phi) is 6.72. The molecule has 0 bridgehead atoms. The molecule has 0 atom stereocenters. The summed E-state index contributed by atoms with van der Waals surface area (Å²) in [5, 5.41) is 0. The number of rotatable bonds is 7. The fourth-order valence-corrected chi connectivity index (χ4v) is 1.97. The average molecular weight is 293 g/mol. The molecule has 0 aliphatic rings. The van der Waals surface area contributed by atoms with Crippen molar-refractivity contribution >= 4 is 11.9 Å². The second-order valence-corrected chi connectivity index (χ2v) is 4.95. The number of carbonyl (C=O) groups excluding carboxylic acids is 2. The van der Waals surface area contributed by atoms with Crippen molar-refractivity contribution in [2.75, 3.05) is 26.8 Å². The fourth-order valence-electron chi connectivity index (χ4n) is 1.97. The normalized spacial score (nSPS) is 10.1. The smallest absolute Gasteiger partial charge is 0.325 e. The Balaban J connectivity index is 2.62. The fraction of sp³-hybridized carbons (Fsp3) is 0.500. The Labute approximate surface area is 125 Å². The van der Waals surface area contributed by atoms with Gasteiger partial charge in [-0.3, -0.25) is 9.59 Å². The van der Waals surface area contributed by atoms with Gasteiger partial charge in [-0.25, -0.2) is 0 Å². The van der Waals surface area contributed by atoms with E-state index in [1.54, 1.807) is 0 Å². The number of aryl methyl sites for hydroxylation is 2. The number of ether oxygens (including phenoxy) is 2. The SMILES string of the molecule is CCCN(CC(=O)OC)C(=O)COc1ccc(C)cc1C. The molecular weight excluding hydrogens is 270 g/mol. The molecule has 5 heteroatoms. The molecule has 0 saturated carbocycles. The topological polar surface area (TPSA) is 55.8 Å². The highest BCUT2D eigenvalue weighted by atomic mass is 16.5. The van der Waals surface area contributed by atoms with Crippen molar-refractivity contribution in [1.29, 1.82) is 0 Å². The van der Waals surface area contributed by atoms with E-state index >= 15 is 0 Å². The highest BCUT2D eigenvalue weighted by Gasteiger charge is 2.17. The molecule has 0 radical (unpaired) electrons. The Morgan fingerprint density at radius 3 is 2.52 bits per heavy atom. The monoisotopic (exact) mass is 293 g/mol. The first-order chi connectivity index (χ1) is 9.97. The van der Waals surface area contributed by atoms with Gasteiger partial charge in [-0.15, -0.1) is 0 Å². The van der Waals surface area contributed by atoms with Crippen molar-refractivity contribution in [3.63, 3.8) is 0 Å². The number of nitrogens with zero attached hydrogens (tertiary/aromatic N) is 1. The molecule has 0 unspecified atom stereocenters. The maximum atomic E-state index is 12.1. The van der Waals surface area contributed by atoms with E-state index in [4.69, 9.17) is 4.74 Å².